The van der Waals surface area contributed by atoms with Gasteiger partial charge in [-0.25, -0.2) is 0 Å². The van der Waals surface area contributed by atoms with Crippen LogP contribution in [0.25, 0.3) is 108 Å². The van der Waals surface area contributed by atoms with Crippen molar-refractivity contribution in [3.05, 3.63) is 205 Å². The molecule has 58 heavy (non-hydrogen) atoms. The molecule has 0 nitrogen and oxygen atoms in total. The van der Waals surface area contributed by atoms with Crippen molar-refractivity contribution < 1.29 is 0 Å². The molecule has 0 saturated heterocycles. The van der Waals surface area contributed by atoms with E-state index in [1.165, 1.54) is 119 Å². The van der Waals surface area contributed by atoms with Crippen molar-refractivity contribution in [3.63, 3.8) is 0 Å². The first-order chi connectivity index (χ1) is 28.5. The molecular formula is C57H38S. The molecule has 0 fully saturated rings. The molecule has 1 heteroatoms. The highest BCUT2D eigenvalue weighted by Crippen LogP contribution is 2.55. The van der Waals surface area contributed by atoms with Gasteiger partial charge in [0.25, 0.3) is 0 Å². The summed E-state index contributed by atoms with van der Waals surface area (Å²) < 4.78 is 2.71. The van der Waals surface area contributed by atoms with Gasteiger partial charge in [0, 0.05) is 31.2 Å². The van der Waals surface area contributed by atoms with Crippen LogP contribution in [0.5, 0.6) is 0 Å². The molecule has 1 aliphatic rings. The predicted molar refractivity (Wildman–Crippen MR) is 251 cm³/mol. The maximum absolute atomic E-state index is 2.45. The maximum Gasteiger partial charge on any atom is 0.0440 e. The fraction of sp³-hybridized carbons (Fsp3) is 0.0526. The summed E-state index contributed by atoms with van der Waals surface area (Å²) in [5, 5.41) is 10.4. The molecule has 0 atom stereocenters. The zero-order chi connectivity index (χ0) is 38.5. The Morgan fingerprint density at radius 2 is 0.828 bits per heavy atom. The average molecular weight is 755 g/mol. The predicted octanol–water partition coefficient (Wildman–Crippen LogP) is 16.5. The van der Waals surface area contributed by atoms with Gasteiger partial charge in [-0.2, -0.15) is 0 Å². The Balaban J connectivity index is 1.05. The van der Waals surface area contributed by atoms with E-state index in [9.17, 15) is 0 Å². The third-order valence-corrected chi connectivity index (χ3v) is 14.1. The molecule has 10 aromatic carbocycles. The number of hydrogen-bond acceptors (Lipinski definition) is 1. The van der Waals surface area contributed by atoms with E-state index in [1.54, 1.807) is 0 Å². The van der Waals surface area contributed by atoms with E-state index in [4.69, 9.17) is 0 Å². The van der Waals surface area contributed by atoms with Crippen LogP contribution in [0.3, 0.4) is 0 Å². The third-order valence-electron chi connectivity index (χ3n) is 12.9. The first-order valence-electron chi connectivity index (χ1n) is 20.3. The van der Waals surface area contributed by atoms with Crippen LogP contribution in [-0.2, 0) is 5.41 Å². The van der Waals surface area contributed by atoms with Crippen LogP contribution in [0.2, 0.25) is 0 Å². The lowest BCUT2D eigenvalue weighted by Crippen LogP contribution is -2.14. The quantitative estimate of drug-likeness (QED) is 0.157. The summed E-state index contributed by atoms with van der Waals surface area (Å²) in [7, 11) is 0. The standard InChI is InChI=1S/C57H38S/c1-57(2)48-23-13-12-22-46(48)54-49(57)32-33-50-55(54)47-34-40-16-6-7-17-41(40)53(56(47)58-50)39-30-28-38(29-31-39)52-44-20-10-8-18-42(44)51(43-19-9-11-21-45(43)52)37-26-24-36(25-27-37)35-14-4-3-5-15-35/h3-34H,1-2H3. The van der Waals surface area contributed by atoms with Crippen molar-refractivity contribution in [1.29, 1.82) is 0 Å². The second kappa shape index (κ2) is 12.6. The number of benzene rings is 10. The zero-order valence-electron chi connectivity index (χ0n) is 32.4. The molecule has 0 unspecified atom stereocenters. The van der Waals surface area contributed by atoms with Gasteiger partial charge >= 0.3 is 0 Å². The lowest BCUT2D eigenvalue weighted by Gasteiger charge is -2.21. The minimum Gasteiger partial charge on any atom is -0.134 e. The lowest BCUT2D eigenvalue weighted by molar-refractivity contribution is 0.661. The van der Waals surface area contributed by atoms with Gasteiger partial charge in [-0.15, -0.1) is 11.3 Å². The molecular weight excluding hydrogens is 717 g/mol. The smallest absolute Gasteiger partial charge is 0.0440 e. The summed E-state index contributed by atoms with van der Waals surface area (Å²) in [6.45, 7) is 4.76. The molecule has 0 aliphatic heterocycles. The van der Waals surface area contributed by atoms with Crippen LogP contribution in [0, 0.1) is 0 Å². The molecule has 0 bridgehead atoms. The van der Waals surface area contributed by atoms with E-state index in [0.717, 1.165) is 0 Å². The van der Waals surface area contributed by atoms with Gasteiger partial charge in [0.2, 0.25) is 0 Å². The van der Waals surface area contributed by atoms with Gasteiger partial charge in [0.05, 0.1) is 0 Å². The number of rotatable bonds is 4. The van der Waals surface area contributed by atoms with Gasteiger partial charge < -0.3 is 0 Å². The topological polar surface area (TPSA) is 0 Å². The van der Waals surface area contributed by atoms with E-state index in [-0.39, 0.29) is 5.41 Å². The van der Waals surface area contributed by atoms with Gasteiger partial charge in [0.15, 0.2) is 0 Å². The summed E-state index contributed by atoms with van der Waals surface area (Å²) in [6.07, 6.45) is 0. The van der Waals surface area contributed by atoms with E-state index in [0.29, 0.717) is 0 Å². The van der Waals surface area contributed by atoms with Gasteiger partial charge in [-0.1, -0.05) is 196 Å². The molecule has 11 aromatic rings. The maximum atomic E-state index is 2.45. The Hall–Kier alpha value is -6.80. The van der Waals surface area contributed by atoms with Gasteiger partial charge in [0.1, 0.15) is 0 Å². The molecule has 1 aliphatic carbocycles. The Kier molecular flexibility index (Phi) is 7.25. The normalized spacial score (nSPS) is 13.1. The Morgan fingerprint density at radius 3 is 1.45 bits per heavy atom. The van der Waals surface area contributed by atoms with Crippen LogP contribution in [0.1, 0.15) is 25.0 Å². The summed E-state index contributed by atoms with van der Waals surface area (Å²) in [6, 6.07) is 72.3. The van der Waals surface area contributed by atoms with Gasteiger partial charge in [-0.05, 0) is 106 Å². The molecule has 0 N–H and O–H groups in total. The number of thiophene rings is 1. The van der Waals surface area contributed by atoms with Crippen molar-refractivity contribution in [1.82, 2.24) is 0 Å². The Morgan fingerprint density at radius 1 is 0.345 bits per heavy atom. The fourth-order valence-corrected chi connectivity index (χ4v) is 11.4. The highest BCUT2D eigenvalue weighted by atomic mass is 32.1. The summed E-state index contributed by atoms with van der Waals surface area (Å²) in [5.41, 5.74) is 15.7. The van der Waals surface area contributed by atoms with Crippen LogP contribution < -0.4 is 0 Å². The molecule has 272 valence electrons. The lowest BCUT2D eigenvalue weighted by atomic mass is 9.82. The van der Waals surface area contributed by atoms with Gasteiger partial charge in [-0.3, -0.25) is 0 Å². The fourth-order valence-electron chi connectivity index (χ4n) is 10.2. The van der Waals surface area contributed by atoms with Crippen LogP contribution in [0.15, 0.2) is 194 Å². The Labute approximate surface area is 342 Å². The molecule has 0 amide bonds. The summed E-state index contributed by atoms with van der Waals surface area (Å²) in [5.74, 6) is 0. The minimum atomic E-state index is -0.0383. The molecule has 0 spiro atoms. The third kappa shape index (κ3) is 4.81. The second-order valence-corrected chi connectivity index (χ2v) is 17.4. The van der Waals surface area contributed by atoms with Crippen LogP contribution in [0.4, 0.5) is 0 Å². The zero-order valence-corrected chi connectivity index (χ0v) is 33.2. The minimum absolute atomic E-state index is 0.0383. The van der Waals surface area contributed by atoms with E-state index in [1.807, 2.05) is 11.3 Å². The van der Waals surface area contributed by atoms with Crippen molar-refractivity contribution in [2.24, 2.45) is 0 Å². The number of fused-ring (bicyclic) bond motifs is 10. The first-order valence-corrected chi connectivity index (χ1v) is 21.1. The summed E-state index contributed by atoms with van der Waals surface area (Å²) in [4.78, 5) is 0. The monoisotopic (exact) mass is 754 g/mol. The largest absolute Gasteiger partial charge is 0.134 e. The SMILES string of the molecule is CC1(C)c2ccccc2-c2c1ccc1sc3c(-c4ccc(-c5c6ccccc6c(-c6ccc(-c7ccccc7)cc6)c6ccccc56)cc4)c4ccccc4cc3c21. The van der Waals surface area contributed by atoms with Crippen LogP contribution in [-0.4, -0.2) is 0 Å². The summed E-state index contributed by atoms with van der Waals surface area (Å²) >= 11 is 1.94. The molecule has 1 aromatic heterocycles. The van der Waals surface area contributed by atoms with E-state index < -0.39 is 0 Å². The highest BCUT2D eigenvalue weighted by Gasteiger charge is 2.37. The number of hydrogen-bond donors (Lipinski definition) is 0. The molecule has 0 radical (unpaired) electrons. The highest BCUT2D eigenvalue weighted by molar-refractivity contribution is 7.26. The van der Waals surface area contributed by atoms with Crippen molar-refractivity contribution in [3.8, 4) is 55.6 Å². The first kappa shape index (κ1) is 33.4. The van der Waals surface area contributed by atoms with Crippen molar-refractivity contribution in [2.45, 2.75) is 19.3 Å². The van der Waals surface area contributed by atoms with Crippen LogP contribution >= 0.6 is 11.3 Å². The molecule has 1 heterocycles. The van der Waals surface area contributed by atoms with Crippen molar-refractivity contribution >= 4 is 63.8 Å². The molecule has 12 rings (SSSR count). The van der Waals surface area contributed by atoms with E-state index in [2.05, 4.69) is 208 Å². The second-order valence-electron chi connectivity index (χ2n) is 16.3. The average Bonchev–Trinajstić information content (AvgIpc) is 3.76. The molecule has 0 saturated carbocycles. The van der Waals surface area contributed by atoms with Crippen molar-refractivity contribution in [2.75, 3.05) is 0 Å². The van der Waals surface area contributed by atoms with E-state index >= 15 is 0 Å². The Bertz CT molecular complexity index is 3380.